The topological polar surface area (TPSA) is 61.3 Å². The molecular formula is C14H24N2O. The quantitative estimate of drug-likeness (QED) is 0.794. The summed E-state index contributed by atoms with van der Waals surface area (Å²) in [5, 5.41) is 0. The van der Waals surface area contributed by atoms with Crippen LogP contribution in [0.4, 0.5) is 0 Å². The van der Waals surface area contributed by atoms with Gasteiger partial charge in [-0.05, 0) is 62.0 Å². The first kappa shape index (κ1) is 14.0. The molecule has 0 radical (unpaired) electrons. The van der Waals surface area contributed by atoms with Crippen molar-refractivity contribution in [1.29, 1.82) is 0 Å². The molecule has 0 saturated heterocycles. The Morgan fingerprint density at radius 2 is 1.88 bits per heavy atom. The Balaban J connectivity index is 2.90. The second kappa shape index (κ2) is 6.62. The number of hydrogen-bond donors (Lipinski definition) is 2. The molecule has 0 amide bonds. The molecule has 0 aliphatic heterocycles. The summed E-state index contributed by atoms with van der Waals surface area (Å²) in [6, 6.07) is 6.23. The van der Waals surface area contributed by atoms with Crippen LogP contribution in [0.3, 0.4) is 0 Å². The summed E-state index contributed by atoms with van der Waals surface area (Å²) >= 11 is 0. The highest BCUT2D eigenvalue weighted by molar-refractivity contribution is 5.37. The van der Waals surface area contributed by atoms with E-state index in [4.69, 9.17) is 16.2 Å². The predicted molar refractivity (Wildman–Crippen MR) is 72.4 cm³/mol. The predicted octanol–water partition coefficient (Wildman–Crippen LogP) is 2.03. The summed E-state index contributed by atoms with van der Waals surface area (Å²) in [6.07, 6.45) is 0. The van der Waals surface area contributed by atoms with E-state index in [1.165, 1.54) is 11.1 Å². The maximum absolute atomic E-state index is 5.74. The third kappa shape index (κ3) is 3.45. The summed E-state index contributed by atoms with van der Waals surface area (Å²) in [7, 11) is 0. The van der Waals surface area contributed by atoms with E-state index < -0.39 is 0 Å². The molecule has 0 saturated carbocycles. The average Bonchev–Trinajstić information content (AvgIpc) is 2.31. The van der Waals surface area contributed by atoms with E-state index in [0.717, 1.165) is 5.75 Å². The summed E-state index contributed by atoms with van der Waals surface area (Å²) in [5.41, 5.74) is 14.0. The largest absolute Gasteiger partial charge is 0.494 e. The molecule has 0 aliphatic rings. The third-order valence-electron chi connectivity index (χ3n) is 3.36. The maximum Gasteiger partial charge on any atom is 0.119 e. The van der Waals surface area contributed by atoms with Crippen molar-refractivity contribution in [2.24, 2.45) is 17.4 Å². The van der Waals surface area contributed by atoms with Crippen molar-refractivity contribution < 1.29 is 4.74 Å². The van der Waals surface area contributed by atoms with Gasteiger partial charge in [-0.25, -0.2) is 0 Å². The zero-order valence-electron chi connectivity index (χ0n) is 11.1. The minimum Gasteiger partial charge on any atom is -0.494 e. The van der Waals surface area contributed by atoms with Crippen molar-refractivity contribution in [2.75, 3.05) is 19.7 Å². The molecule has 3 nitrogen and oxygen atoms in total. The second-order valence-corrected chi connectivity index (χ2v) is 4.47. The monoisotopic (exact) mass is 236 g/mol. The van der Waals surface area contributed by atoms with Crippen LogP contribution in [0.15, 0.2) is 18.2 Å². The van der Waals surface area contributed by atoms with E-state index in [1.807, 2.05) is 13.0 Å². The lowest BCUT2D eigenvalue weighted by molar-refractivity contribution is 0.339. The molecule has 3 heteroatoms. The fraction of sp³-hybridized carbons (Fsp3) is 0.571. The average molecular weight is 236 g/mol. The van der Waals surface area contributed by atoms with Gasteiger partial charge in [0.25, 0.3) is 0 Å². The van der Waals surface area contributed by atoms with E-state index >= 15 is 0 Å². The van der Waals surface area contributed by atoms with Gasteiger partial charge in [0.2, 0.25) is 0 Å². The van der Waals surface area contributed by atoms with Crippen LogP contribution in [-0.4, -0.2) is 19.7 Å². The zero-order chi connectivity index (χ0) is 12.8. The summed E-state index contributed by atoms with van der Waals surface area (Å²) < 4.78 is 5.49. The number of ether oxygens (including phenoxy) is 1. The smallest absolute Gasteiger partial charge is 0.119 e. The number of aryl methyl sites for hydroxylation is 1. The highest BCUT2D eigenvalue weighted by Gasteiger charge is 2.17. The van der Waals surface area contributed by atoms with Crippen LogP contribution in [0.25, 0.3) is 0 Å². The van der Waals surface area contributed by atoms with Crippen molar-refractivity contribution in [1.82, 2.24) is 0 Å². The number of benzene rings is 1. The highest BCUT2D eigenvalue weighted by atomic mass is 16.5. The molecule has 1 aromatic carbocycles. The van der Waals surface area contributed by atoms with E-state index in [-0.39, 0.29) is 0 Å². The molecule has 0 aromatic heterocycles. The molecular weight excluding hydrogens is 212 g/mol. The number of rotatable bonds is 6. The molecule has 1 rings (SSSR count). The van der Waals surface area contributed by atoms with Crippen LogP contribution in [-0.2, 0) is 0 Å². The Morgan fingerprint density at radius 3 is 2.35 bits per heavy atom. The highest BCUT2D eigenvalue weighted by Crippen LogP contribution is 2.28. The molecule has 17 heavy (non-hydrogen) atoms. The van der Waals surface area contributed by atoms with Crippen LogP contribution < -0.4 is 16.2 Å². The first-order valence-corrected chi connectivity index (χ1v) is 6.27. The van der Waals surface area contributed by atoms with Crippen LogP contribution in [0.2, 0.25) is 0 Å². The summed E-state index contributed by atoms with van der Waals surface area (Å²) in [4.78, 5) is 0. The lowest BCUT2D eigenvalue weighted by Gasteiger charge is -2.23. The fourth-order valence-electron chi connectivity index (χ4n) is 2.17. The second-order valence-electron chi connectivity index (χ2n) is 4.47. The van der Waals surface area contributed by atoms with E-state index in [1.54, 1.807) is 0 Å². The standard InChI is InChI=1S/C14H24N2O/c1-4-17-13-5-6-14(10(2)7-13)11(3)12(8-15)9-16/h5-7,11-12H,4,8-9,15-16H2,1-3H3. The molecule has 1 unspecified atom stereocenters. The molecule has 0 bridgehead atoms. The van der Waals surface area contributed by atoms with Crippen molar-refractivity contribution in [3.05, 3.63) is 29.3 Å². The van der Waals surface area contributed by atoms with Crippen LogP contribution in [0, 0.1) is 12.8 Å². The lowest BCUT2D eigenvalue weighted by atomic mass is 9.85. The first-order chi connectivity index (χ1) is 8.13. The maximum atomic E-state index is 5.74. The number of nitrogens with two attached hydrogens (primary N) is 2. The molecule has 4 N–H and O–H groups in total. The lowest BCUT2D eigenvalue weighted by Crippen LogP contribution is -2.28. The van der Waals surface area contributed by atoms with Crippen LogP contribution in [0.5, 0.6) is 5.75 Å². The normalized spacial score (nSPS) is 12.8. The van der Waals surface area contributed by atoms with Gasteiger partial charge in [0, 0.05) is 0 Å². The number of hydrogen-bond acceptors (Lipinski definition) is 3. The minimum absolute atomic E-state index is 0.339. The van der Waals surface area contributed by atoms with E-state index in [0.29, 0.717) is 31.5 Å². The van der Waals surface area contributed by atoms with Gasteiger partial charge >= 0.3 is 0 Å². The van der Waals surface area contributed by atoms with Crippen molar-refractivity contribution >= 4 is 0 Å². The van der Waals surface area contributed by atoms with Crippen LogP contribution in [0.1, 0.15) is 30.9 Å². The molecule has 0 heterocycles. The molecule has 1 aromatic rings. The van der Waals surface area contributed by atoms with Gasteiger partial charge in [-0.3, -0.25) is 0 Å². The van der Waals surface area contributed by atoms with Crippen LogP contribution >= 0.6 is 0 Å². The van der Waals surface area contributed by atoms with Gasteiger partial charge in [0.05, 0.1) is 6.61 Å². The van der Waals surface area contributed by atoms with Gasteiger partial charge in [-0.1, -0.05) is 13.0 Å². The van der Waals surface area contributed by atoms with Crippen molar-refractivity contribution in [3.8, 4) is 5.75 Å². The SMILES string of the molecule is CCOc1ccc(C(C)C(CN)CN)c(C)c1. The Labute approximate surface area is 104 Å². The Morgan fingerprint density at radius 1 is 1.24 bits per heavy atom. The Hall–Kier alpha value is -1.06. The van der Waals surface area contributed by atoms with Gasteiger partial charge in [0.15, 0.2) is 0 Å². The van der Waals surface area contributed by atoms with Gasteiger partial charge in [-0.15, -0.1) is 0 Å². The van der Waals surface area contributed by atoms with Crippen molar-refractivity contribution in [2.45, 2.75) is 26.7 Å². The van der Waals surface area contributed by atoms with E-state index in [2.05, 4.69) is 26.0 Å². The summed E-state index contributed by atoms with van der Waals surface area (Å²) in [6.45, 7) is 8.24. The Bertz CT molecular complexity index is 348. The minimum atomic E-state index is 0.339. The molecule has 0 aliphatic carbocycles. The molecule has 0 spiro atoms. The Kier molecular flexibility index (Phi) is 5.45. The van der Waals surface area contributed by atoms with Gasteiger partial charge in [-0.2, -0.15) is 0 Å². The van der Waals surface area contributed by atoms with Crippen molar-refractivity contribution in [3.63, 3.8) is 0 Å². The van der Waals surface area contributed by atoms with E-state index in [9.17, 15) is 0 Å². The summed E-state index contributed by atoms with van der Waals surface area (Å²) in [5.74, 6) is 1.66. The van der Waals surface area contributed by atoms with Gasteiger partial charge < -0.3 is 16.2 Å². The fourth-order valence-corrected chi connectivity index (χ4v) is 2.17. The zero-order valence-corrected chi connectivity index (χ0v) is 11.1. The third-order valence-corrected chi connectivity index (χ3v) is 3.36. The van der Waals surface area contributed by atoms with Gasteiger partial charge in [0.1, 0.15) is 5.75 Å². The molecule has 96 valence electrons. The molecule has 0 fully saturated rings. The molecule has 1 atom stereocenters. The first-order valence-electron chi connectivity index (χ1n) is 6.27.